The molecular formula is C26H21ClN4OS. The van der Waals surface area contributed by atoms with Crippen molar-refractivity contribution < 1.29 is 4.74 Å². The standard InChI is InChI=1S/C26H21ClN4OS/c1-15-8-10-16(11-9-15)23-21-22(28-25-29-26(33-2)30-31(23)25)19-14-18(27)12-13-20(19)32-24(21)17-6-4-3-5-7-17/h3-14,23-24H,1-2H3,(H,28,29,30). The highest BCUT2D eigenvalue weighted by molar-refractivity contribution is 7.98. The molecule has 5 nitrogen and oxygen atoms in total. The van der Waals surface area contributed by atoms with Crippen LogP contribution in [0.4, 0.5) is 5.95 Å². The average Bonchev–Trinajstić information content (AvgIpc) is 3.26. The van der Waals surface area contributed by atoms with E-state index in [2.05, 4.69) is 48.6 Å². The van der Waals surface area contributed by atoms with Crippen molar-refractivity contribution in [2.45, 2.75) is 24.2 Å². The summed E-state index contributed by atoms with van der Waals surface area (Å²) in [6.07, 6.45) is 1.70. The molecule has 0 bridgehead atoms. The number of aryl methyl sites for hydroxylation is 1. The summed E-state index contributed by atoms with van der Waals surface area (Å²) in [5.74, 6) is 1.50. The zero-order chi connectivity index (χ0) is 22.5. The van der Waals surface area contributed by atoms with Gasteiger partial charge in [0.05, 0.1) is 5.70 Å². The highest BCUT2D eigenvalue weighted by Crippen LogP contribution is 2.51. The summed E-state index contributed by atoms with van der Waals surface area (Å²) in [6, 6.07) is 24.5. The maximum absolute atomic E-state index is 6.64. The number of aromatic nitrogens is 3. The van der Waals surface area contributed by atoms with E-state index in [1.165, 1.54) is 17.3 Å². The first-order chi connectivity index (χ1) is 16.1. The first kappa shape index (κ1) is 20.4. The Balaban J connectivity index is 1.64. The molecule has 164 valence electrons. The Kier molecular flexibility index (Phi) is 4.93. The molecule has 0 fully saturated rings. The van der Waals surface area contributed by atoms with Gasteiger partial charge >= 0.3 is 0 Å². The van der Waals surface area contributed by atoms with Crippen LogP contribution in [0.5, 0.6) is 5.75 Å². The van der Waals surface area contributed by atoms with E-state index in [1.807, 2.05) is 47.3 Å². The summed E-state index contributed by atoms with van der Waals surface area (Å²) in [5, 5.41) is 9.78. The maximum Gasteiger partial charge on any atom is 0.227 e. The second-order valence-electron chi connectivity index (χ2n) is 8.18. The van der Waals surface area contributed by atoms with Crippen LogP contribution in [-0.4, -0.2) is 21.0 Å². The number of rotatable bonds is 3. The Hall–Kier alpha value is -3.22. The summed E-state index contributed by atoms with van der Waals surface area (Å²) in [4.78, 5) is 4.74. The third-order valence-electron chi connectivity index (χ3n) is 6.09. The number of thioether (sulfide) groups is 1. The van der Waals surface area contributed by atoms with Crippen LogP contribution >= 0.6 is 23.4 Å². The number of nitrogens with one attached hydrogen (secondary N) is 1. The van der Waals surface area contributed by atoms with Crippen molar-refractivity contribution in [3.8, 4) is 5.75 Å². The highest BCUT2D eigenvalue weighted by atomic mass is 35.5. The minimum Gasteiger partial charge on any atom is -0.480 e. The van der Waals surface area contributed by atoms with Crippen molar-refractivity contribution in [1.82, 2.24) is 14.8 Å². The number of hydrogen-bond acceptors (Lipinski definition) is 5. The Morgan fingerprint density at radius 3 is 2.55 bits per heavy atom. The van der Waals surface area contributed by atoms with Crippen LogP contribution < -0.4 is 10.1 Å². The van der Waals surface area contributed by atoms with Crippen LogP contribution in [0.1, 0.15) is 34.4 Å². The van der Waals surface area contributed by atoms with Gasteiger partial charge < -0.3 is 10.1 Å². The van der Waals surface area contributed by atoms with E-state index < -0.39 is 0 Å². The largest absolute Gasteiger partial charge is 0.480 e. The van der Waals surface area contributed by atoms with Crippen LogP contribution in [0.2, 0.25) is 5.02 Å². The summed E-state index contributed by atoms with van der Waals surface area (Å²) >= 11 is 7.94. The molecule has 3 aromatic carbocycles. The fourth-order valence-electron chi connectivity index (χ4n) is 4.54. The number of ether oxygens (including phenoxy) is 1. The van der Waals surface area contributed by atoms with Gasteiger partial charge in [0.15, 0.2) is 0 Å². The minimum atomic E-state index is -0.288. The number of anilines is 1. The van der Waals surface area contributed by atoms with E-state index in [4.69, 9.17) is 26.4 Å². The van der Waals surface area contributed by atoms with Gasteiger partial charge in [0.25, 0.3) is 0 Å². The molecule has 33 heavy (non-hydrogen) atoms. The van der Waals surface area contributed by atoms with Gasteiger partial charge in [-0.15, -0.1) is 5.10 Å². The van der Waals surface area contributed by atoms with Crippen LogP contribution in [-0.2, 0) is 0 Å². The molecule has 0 saturated heterocycles. The first-order valence-electron chi connectivity index (χ1n) is 10.7. The van der Waals surface area contributed by atoms with Crippen LogP contribution in [0.15, 0.2) is 83.5 Å². The molecule has 0 amide bonds. The molecule has 2 unspecified atom stereocenters. The molecule has 0 spiro atoms. The lowest BCUT2D eigenvalue weighted by atomic mass is 9.84. The number of benzene rings is 3. The Morgan fingerprint density at radius 2 is 1.79 bits per heavy atom. The summed E-state index contributed by atoms with van der Waals surface area (Å²) in [7, 11) is 0. The number of fused-ring (bicyclic) bond motifs is 3. The smallest absolute Gasteiger partial charge is 0.227 e. The van der Waals surface area contributed by atoms with Crippen molar-refractivity contribution in [3.63, 3.8) is 0 Å². The van der Waals surface area contributed by atoms with Gasteiger partial charge in [0, 0.05) is 16.2 Å². The van der Waals surface area contributed by atoms with Gasteiger partial charge in [0.2, 0.25) is 11.1 Å². The van der Waals surface area contributed by atoms with Gasteiger partial charge in [-0.3, -0.25) is 0 Å². The zero-order valence-electron chi connectivity index (χ0n) is 18.1. The van der Waals surface area contributed by atoms with Gasteiger partial charge in [0.1, 0.15) is 17.9 Å². The molecular weight excluding hydrogens is 452 g/mol. The molecule has 0 saturated carbocycles. The summed E-state index contributed by atoms with van der Waals surface area (Å²) in [6.45, 7) is 2.10. The van der Waals surface area contributed by atoms with Gasteiger partial charge in [-0.25, -0.2) is 4.68 Å². The van der Waals surface area contributed by atoms with E-state index in [0.717, 1.165) is 38.9 Å². The molecule has 2 aliphatic heterocycles. The van der Waals surface area contributed by atoms with Gasteiger partial charge in [-0.2, -0.15) is 4.98 Å². The molecule has 3 heterocycles. The lowest BCUT2D eigenvalue weighted by Gasteiger charge is -2.39. The summed E-state index contributed by atoms with van der Waals surface area (Å²) < 4.78 is 8.62. The summed E-state index contributed by atoms with van der Waals surface area (Å²) in [5.41, 5.74) is 6.42. The predicted octanol–water partition coefficient (Wildman–Crippen LogP) is 6.52. The molecule has 7 heteroatoms. The van der Waals surface area contributed by atoms with E-state index in [-0.39, 0.29) is 12.1 Å². The second-order valence-corrected chi connectivity index (χ2v) is 9.39. The lowest BCUT2D eigenvalue weighted by molar-refractivity contribution is 0.223. The van der Waals surface area contributed by atoms with Crippen molar-refractivity contribution >= 4 is 35.0 Å². The third-order valence-corrected chi connectivity index (χ3v) is 6.87. The number of nitrogens with zero attached hydrogens (tertiary/aromatic N) is 3. The van der Waals surface area contributed by atoms with Crippen LogP contribution in [0, 0.1) is 6.92 Å². The van der Waals surface area contributed by atoms with Gasteiger partial charge in [-0.05, 0) is 42.5 Å². The Morgan fingerprint density at radius 1 is 1.00 bits per heavy atom. The van der Waals surface area contributed by atoms with Crippen LogP contribution in [0.3, 0.4) is 0 Å². The van der Waals surface area contributed by atoms with Crippen molar-refractivity contribution in [2.75, 3.05) is 11.6 Å². The topological polar surface area (TPSA) is 52.0 Å². The van der Waals surface area contributed by atoms with E-state index >= 15 is 0 Å². The van der Waals surface area contributed by atoms with Crippen molar-refractivity contribution in [2.24, 2.45) is 0 Å². The molecule has 4 aromatic rings. The monoisotopic (exact) mass is 472 g/mol. The third kappa shape index (κ3) is 3.41. The average molecular weight is 473 g/mol. The zero-order valence-corrected chi connectivity index (χ0v) is 19.7. The fourth-order valence-corrected chi connectivity index (χ4v) is 5.06. The predicted molar refractivity (Wildman–Crippen MR) is 133 cm³/mol. The van der Waals surface area contributed by atoms with E-state index in [9.17, 15) is 0 Å². The SMILES string of the molecule is CSc1nc2n(n1)C(c1ccc(C)cc1)C1=C(N2)c2cc(Cl)ccc2OC1c1ccccc1. The van der Waals surface area contributed by atoms with E-state index in [1.54, 1.807) is 0 Å². The highest BCUT2D eigenvalue weighted by Gasteiger charge is 2.41. The molecule has 6 rings (SSSR count). The van der Waals surface area contributed by atoms with Crippen molar-refractivity contribution in [3.05, 3.63) is 106 Å². The second kappa shape index (κ2) is 7.97. The Bertz CT molecular complexity index is 1380. The lowest BCUT2D eigenvalue weighted by Crippen LogP contribution is -2.32. The minimum absolute atomic E-state index is 0.178. The quantitative estimate of drug-likeness (QED) is 0.344. The molecule has 1 N–H and O–H groups in total. The number of halogens is 1. The fraction of sp³-hybridized carbons (Fsp3) is 0.154. The normalized spacial score (nSPS) is 18.6. The van der Waals surface area contributed by atoms with Gasteiger partial charge in [-0.1, -0.05) is 83.5 Å². The first-order valence-corrected chi connectivity index (χ1v) is 12.3. The molecule has 2 aliphatic rings. The van der Waals surface area contributed by atoms with Crippen molar-refractivity contribution in [1.29, 1.82) is 0 Å². The molecule has 0 radical (unpaired) electrons. The van der Waals surface area contributed by atoms with Crippen LogP contribution in [0.25, 0.3) is 5.70 Å². The Labute approximate surface area is 201 Å². The van der Waals surface area contributed by atoms with E-state index in [0.29, 0.717) is 11.0 Å². The molecule has 2 atom stereocenters. The molecule has 0 aliphatic carbocycles. The molecule has 1 aromatic heterocycles. The maximum atomic E-state index is 6.64. The number of hydrogen-bond donors (Lipinski definition) is 1.